The van der Waals surface area contributed by atoms with E-state index in [9.17, 15) is 9.90 Å². The molecule has 2 aromatic rings. The second kappa shape index (κ2) is 7.88. The molecule has 0 aliphatic heterocycles. The number of benzene rings is 1. The van der Waals surface area contributed by atoms with Gasteiger partial charge in [-0.2, -0.15) is 0 Å². The summed E-state index contributed by atoms with van der Waals surface area (Å²) in [6.07, 6.45) is -0.147. The Morgan fingerprint density at radius 3 is 3.09 bits per heavy atom. The molecule has 1 aromatic heterocycles. The minimum atomic E-state index is -0.804. The number of hydrogen-bond donors (Lipinski definition) is 3. The number of nitrogens with one attached hydrogen (secondary N) is 1. The lowest BCUT2D eigenvalue weighted by Crippen LogP contribution is -2.28. The second-order valence-electron chi connectivity index (χ2n) is 4.67. The Hall–Kier alpha value is -1.96. The Morgan fingerprint density at radius 2 is 2.36 bits per heavy atom. The smallest absolute Gasteiger partial charge is 0.270 e. The van der Waals surface area contributed by atoms with Crippen LogP contribution in [0.1, 0.15) is 27.2 Å². The number of hydrogen-bond acceptors (Lipinski definition) is 6. The highest BCUT2D eigenvalue weighted by Crippen LogP contribution is 2.18. The molecule has 0 aliphatic carbocycles. The molecule has 0 saturated heterocycles. The van der Waals surface area contributed by atoms with E-state index in [0.717, 1.165) is 5.01 Å². The molecule has 0 spiro atoms. The SMILES string of the molecule is COc1cccc(C(O)CNC(=O)c2csc(CCN)n2)c1. The fourth-order valence-corrected chi connectivity index (χ4v) is 2.69. The normalized spacial score (nSPS) is 12.0. The fourth-order valence-electron chi connectivity index (χ4n) is 1.90. The summed E-state index contributed by atoms with van der Waals surface area (Å²) in [6.45, 7) is 0.610. The topological polar surface area (TPSA) is 97.5 Å². The zero-order valence-electron chi connectivity index (χ0n) is 12.3. The number of aromatic nitrogens is 1. The largest absolute Gasteiger partial charge is 0.497 e. The Morgan fingerprint density at radius 1 is 1.55 bits per heavy atom. The highest BCUT2D eigenvalue weighted by molar-refractivity contribution is 7.09. The zero-order valence-corrected chi connectivity index (χ0v) is 13.1. The Kier molecular flexibility index (Phi) is 5.88. The minimum Gasteiger partial charge on any atom is -0.497 e. The molecule has 0 fully saturated rings. The maximum absolute atomic E-state index is 12.0. The van der Waals surface area contributed by atoms with E-state index >= 15 is 0 Å². The van der Waals surface area contributed by atoms with Gasteiger partial charge in [0.1, 0.15) is 11.4 Å². The van der Waals surface area contributed by atoms with Gasteiger partial charge in [-0.1, -0.05) is 12.1 Å². The average molecular weight is 321 g/mol. The molecule has 7 heteroatoms. The summed E-state index contributed by atoms with van der Waals surface area (Å²) in [6, 6.07) is 7.10. The molecule has 6 nitrogen and oxygen atoms in total. The molecule has 1 heterocycles. The number of carbonyl (C=O) groups excluding carboxylic acids is 1. The van der Waals surface area contributed by atoms with Crippen molar-refractivity contribution in [3.8, 4) is 5.75 Å². The van der Waals surface area contributed by atoms with Gasteiger partial charge in [-0.05, 0) is 24.2 Å². The highest BCUT2D eigenvalue weighted by atomic mass is 32.1. The molecule has 1 unspecified atom stereocenters. The number of carbonyl (C=O) groups is 1. The Labute approximate surface area is 132 Å². The van der Waals surface area contributed by atoms with Gasteiger partial charge in [0.05, 0.1) is 18.2 Å². The van der Waals surface area contributed by atoms with Crippen LogP contribution < -0.4 is 15.8 Å². The molecular weight excluding hydrogens is 302 g/mol. The van der Waals surface area contributed by atoms with Crippen molar-refractivity contribution >= 4 is 17.2 Å². The molecule has 0 bridgehead atoms. The first-order valence-electron chi connectivity index (χ1n) is 6.88. The van der Waals surface area contributed by atoms with Crippen molar-refractivity contribution in [2.45, 2.75) is 12.5 Å². The lowest BCUT2D eigenvalue weighted by molar-refractivity contribution is 0.0912. The van der Waals surface area contributed by atoms with Crippen LogP contribution in [0.4, 0.5) is 0 Å². The number of aliphatic hydroxyl groups is 1. The molecule has 118 valence electrons. The van der Waals surface area contributed by atoms with E-state index in [4.69, 9.17) is 10.5 Å². The van der Waals surface area contributed by atoms with Gasteiger partial charge in [0.25, 0.3) is 5.91 Å². The van der Waals surface area contributed by atoms with Gasteiger partial charge >= 0.3 is 0 Å². The first-order chi connectivity index (χ1) is 10.6. The molecule has 0 aliphatic rings. The lowest BCUT2D eigenvalue weighted by Gasteiger charge is -2.12. The van der Waals surface area contributed by atoms with Gasteiger partial charge in [0.15, 0.2) is 0 Å². The number of methoxy groups -OCH3 is 1. The molecule has 1 aromatic carbocycles. The first-order valence-corrected chi connectivity index (χ1v) is 7.76. The fraction of sp³-hybridized carbons (Fsp3) is 0.333. The van der Waals surface area contributed by atoms with Crippen LogP contribution in [0.15, 0.2) is 29.6 Å². The predicted molar refractivity (Wildman–Crippen MR) is 85.2 cm³/mol. The number of ether oxygens (including phenoxy) is 1. The van der Waals surface area contributed by atoms with Crippen molar-refractivity contribution in [1.29, 1.82) is 0 Å². The third kappa shape index (κ3) is 4.27. The summed E-state index contributed by atoms with van der Waals surface area (Å²) >= 11 is 1.41. The van der Waals surface area contributed by atoms with Crippen LogP contribution in [0.5, 0.6) is 5.75 Å². The molecule has 22 heavy (non-hydrogen) atoms. The van der Waals surface area contributed by atoms with Crippen molar-refractivity contribution < 1.29 is 14.6 Å². The standard InChI is InChI=1S/C15H19N3O3S/c1-21-11-4-2-3-10(7-11)13(19)8-17-15(20)12-9-22-14(18-12)5-6-16/h2-4,7,9,13,19H,5-6,8,16H2,1H3,(H,17,20). The van der Waals surface area contributed by atoms with Crippen LogP contribution in [0.25, 0.3) is 0 Å². The lowest BCUT2D eigenvalue weighted by atomic mass is 10.1. The van der Waals surface area contributed by atoms with E-state index in [1.54, 1.807) is 36.8 Å². The van der Waals surface area contributed by atoms with Gasteiger partial charge in [0.2, 0.25) is 0 Å². The quantitative estimate of drug-likeness (QED) is 0.710. The minimum absolute atomic E-state index is 0.107. The van der Waals surface area contributed by atoms with Crippen molar-refractivity contribution in [2.24, 2.45) is 5.73 Å². The van der Waals surface area contributed by atoms with Gasteiger partial charge in [-0.25, -0.2) is 4.98 Å². The maximum atomic E-state index is 12.0. The predicted octanol–water partition coefficient (Wildman–Crippen LogP) is 1.12. The second-order valence-corrected chi connectivity index (χ2v) is 5.61. The number of aliphatic hydroxyl groups excluding tert-OH is 1. The van der Waals surface area contributed by atoms with Crippen molar-refractivity contribution in [1.82, 2.24) is 10.3 Å². The van der Waals surface area contributed by atoms with E-state index in [0.29, 0.717) is 30.0 Å². The van der Waals surface area contributed by atoms with E-state index in [-0.39, 0.29) is 12.5 Å². The summed E-state index contributed by atoms with van der Waals surface area (Å²) in [5, 5.41) is 15.3. The Balaban J connectivity index is 1.91. The highest BCUT2D eigenvalue weighted by Gasteiger charge is 2.14. The average Bonchev–Trinajstić information content (AvgIpc) is 3.01. The summed E-state index contributed by atoms with van der Waals surface area (Å²) in [5.41, 5.74) is 6.49. The van der Waals surface area contributed by atoms with E-state index in [1.165, 1.54) is 11.3 Å². The van der Waals surface area contributed by atoms with Gasteiger partial charge in [0, 0.05) is 18.3 Å². The van der Waals surface area contributed by atoms with Crippen molar-refractivity contribution in [3.63, 3.8) is 0 Å². The number of rotatable bonds is 7. The number of thiazole rings is 1. The molecule has 0 saturated carbocycles. The maximum Gasteiger partial charge on any atom is 0.270 e. The van der Waals surface area contributed by atoms with Gasteiger partial charge < -0.3 is 20.9 Å². The van der Waals surface area contributed by atoms with E-state index in [2.05, 4.69) is 10.3 Å². The summed E-state index contributed by atoms with van der Waals surface area (Å²) < 4.78 is 5.11. The van der Waals surface area contributed by atoms with Crippen LogP contribution in [0.3, 0.4) is 0 Å². The first kappa shape index (κ1) is 16.4. The van der Waals surface area contributed by atoms with Crippen LogP contribution >= 0.6 is 11.3 Å². The van der Waals surface area contributed by atoms with E-state index in [1.807, 2.05) is 0 Å². The molecule has 0 radical (unpaired) electrons. The summed E-state index contributed by atoms with van der Waals surface area (Å²) in [4.78, 5) is 16.2. The van der Waals surface area contributed by atoms with Crippen molar-refractivity contribution in [2.75, 3.05) is 20.2 Å². The molecule has 2 rings (SSSR count). The molecule has 1 atom stereocenters. The number of nitrogens with two attached hydrogens (primary N) is 1. The van der Waals surface area contributed by atoms with Crippen LogP contribution in [0, 0.1) is 0 Å². The van der Waals surface area contributed by atoms with Gasteiger partial charge in [-0.3, -0.25) is 4.79 Å². The van der Waals surface area contributed by atoms with Crippen molar-refractivity contribution in [3.05, 3.63) is 45.9 Å². The Bertz CT molecular complexity index is 630. The number of nitrogens with zero attached hydrogens (tertiary/aromatic N) is 1. The van der Waals surface area contributed by atoms with E-state index < -0.39 is 6.10 Å². The van der Waals surface area contributed by atoms with Crippen LogP contribution in [-0.4, -0.2) is 36.2 Å². The molecular formula is C15H19N3O3S. The monoisotopic (exact) mass is 321 g/mol. The third-order valence-electron chi connectivity index (χ3n) is 3.08. The van der Waals surface area contributed by atoms with Crippen LogP contribution in [0.2, 0.25) is 0 Å². The third-order valence-corrected chi connectivity index (χ3v) is 3.99. The van der Waals surface area contributed by atoms with Gasteiger partial charge in [-0.15, -0.1) is 11.3 Å². The molecule has 1 amide bonds. The number of amides is 1. The zero-order chi connectivity index (χ0) is 15.9. The summed E-state index contributed by atoms with van der Waals surface area (Å²) in [5.74, 6) is 0.357. The van der Waals surface area contributed by atoms with Crippen LogP contribution in [-0.2, 0) is 6.42 Å². The summed E-state index contributed by atoms with van der Waals surface area (Å²) in [7, 11) is 1.56. The molecule has 4 N–H and O–H groups in total.